The van der Waals surface area contributed by atoms with Gasteiger partial charge < -0.3 is 15.2 Å². The summed E-state index contributed by atoms with van der Waals surface area (Å²) in [5.74, 6) is -1.36. The quantitative estimate of drug-likeness (QED) is 0.851. The predicted molar refractivity (Wildman–Crippen MR) is 61.5 cm³/mol. The maximum Gasteiger partial charge on any atom is 0.573 e. The number of nitrogens with zero attached hydrogens (tertiary/aromatic N) is 1. The van der Waals surface area contributed by atoms with E-state index in [0.29, 0.717) is 5.56 Å². The molecule has 1 aromatic carbocycles. The van der Waals surface area contributed by atoms with E-state index in [1.54, 1.807) is 6.07 Å². The van der Waals surface area contributed by atoms with Crippen molar-refractivity contribution in [3.63, 3.8) is 0 Å². The van der Waals surface area contributed by atoms with Crippen LogP contribution in [0.2, 0.25) is 0 Å². The molecule has 1 aromatic rings. The lowest BCUT2D eigenvalue weighted by Gasteiger charge is -2.15. The SMILES string of the molecule is COC(=O)Cc1c(CN)ccc(OC(F)(F)F)c1C#N. The van der Waals surface area contributed by atoms with E-state index in [1.165, 1.54) is 6.07 Å². The first-order valence-corrected chi connectivity index (χ1v) is 5.39. The highest BCUT2D eigenvalue weighted by Gasteiger charge is 2.33. The Kier molecular flexibility index (Phi) is 4.94. The third-order valence-corrected chi connectivity index (χ3v) is 2.48. The fourth-order valence-electron chi connectivity index (χ4n) is 1.61. The van der Waals surface area contributed by atoms with Gasteiger partial charge >= 0.3 is 12.3 Å². The molecule has 0 bridgehead atoms. The molecule has 0 atom stereocenters. The number of alkyl halides is 3. The van der Waals surface area contributed by atoms with E-state index >= 15 is 0 Å². The van der Waals surface area contributed by atoms with Gasteiger partial charge in [-0.05, 0) is 17.2 Å². The molecule has 8 heteroatoms. The molecule has 0 aliphatic heterocycles. The lowest BCUT2D eigenvalue weighted by atomic mass is 9.98. The summed E-state index contributed by atoms with van der Waals surface area (Å²) in [6.45, 7) is -0.0344. The zero-order chi connectivity index (χ0) is 15.3. The molecule has 0 saturated heterocycles. The van der Waals surface area contributed by atoms with Gasteiger partial charge in [0.1, 0.15) is 11.8 Å². The Bertz CT molecular complexity index is 550. The van der Waals surface area contributed by atoms with Gasteiger partial charge in [0.2, 0.25) is 0 Å². The highest BCUT2D eigenvalue weighted by Crippen LogP contribution is 2.30. The van der Waals surface area contributed by atoms with E-state index in [9.17, 15) is 18.0 Å². The molecule has 0 amide bonds. The molecule has 20 heavy (non-hydrogen) atoms. The minimum absolute atomic E-state index is 0.0344. The average Bonchev–Trinajstić information content (AvgIpc) is 2.37. The van der Waals surface area contributed by atoms with Crippen molar-refractivity contribution in [2.24, 2.45) is 5.73 Å². The highest BCUT2D eigenvalue weighted by molar-refractivity contribution is 5.75. The standard InChI is InChI=1S/C12H11F3N2O3/c1-19-11(18)4-8-7(5-16)2-3-10(9(8)6-17)20-12(13,14)15/h2-3H,4-5,16H2,1H3. The molecule has 108 valence electrons. The second kappa shape index (κ2) is 6.25. The lowest BCUT2D eigenvalue weighted by molar-refractivity contribution is -0.274. The minimum Gasteiger partial charge on any atom is -0.469 e. The topological polar surface area (TPSA) is 85.3 Å². The molecule has 0 fully saturated rings. The maximum absolute atomic E-state index is 12.3. The number of nitrogens with two attached hydrogens (primary N) is 1. The summed E-state index contributed by atoms with van der Waals surface area (Å²) in [5.41, 5.74) is 5.51. The molecule has 0 spiro atoms. The number of benzene rings is 1. The van der Waals surface area contributed by atoms with Crippen molar-refractivity contribution >= 4 is 5.97 Å². The van der Waals surface area contributed by atoms with Gasteiger partial charge in [-0.1, -0.05) is 6.07 Å². The molecule has 2 N–H and O–H groups in total. The number of ether oxygens (including phenoxy) is 2. The van der Waals surface area contributed by atoms with E-state index in [1.807, 2.05) is 0 Å². The van der Waals surface area contributed by atoms with Crippen LogP contribution >= 0.6 is 0 Å². The van der Waals surface area contributed by atoms with Crippen molar-refractivity contribution in [3.8, 4) is 11.8 Å². The van der Waals surface area contributed by atoms with Gasteiger partial charge in [-0.2, -0.15) is 5.26 Å². The Morgan fingerprint density at radius 3 is 2.55 bits per heavy atom. The molecule has 0 saturated carbocycles. The second-order valence-electron chi connectivity index (χ2n) is 3.69. The van der Waals surface area contributed by atoms with Gasteiger partial charge in [0.15, 0.2) is 0 Å². The van der Waals surface area contributed by atoms with Crippen LogP contribution in [0.25, 0.3) is 0 Å². The summed E-state index contributed by atoms with van der Waals surface area (Å²) >= 11 is 0. The Hall–Kier alpha value is -2.27. The first kappa shape index (κ1) is 15.8. The van der Waals surface area contributed by atoms with E-state index in [2.05, 4.69) is 9.47 Å². The van der Waals surface area contributed by atoms with E-state index < -0.39 is 18.1 Å². The van der Waals surface area contributed by atoms with Crippen LogP contribution in [0.4, 0.5) is 13.2 Å². The molecule has 0 radical (unpaired) electrons. The minimum atomic E-state index is -4.93. The molecule has 0 aromatic heterocycles. The van der Waals surface area contributed by atoms with Crippen molar-refractivity contribution in [2.75, 3.05) is 7.11 Å². The Morgan fingerprint density at radius 1 is 1.45 bits per heavy atom. The number of nitriles is 1. The van der Waals surface area contributed by atoms with Crippen LogP contribution in [0, 0.1) is 11.3 Å². The van der Waals surface area contributed by atoms with Crippen molar-refractivity contribution in [1.82, 2.24) is 0 Å². The van der Waals surface area contributed by atoms with Crippen LogP contribution in [0.3, 0.4) is 0 Å². The van der Waals surface area contributed by atoms with Gasteiger partial charge in [-0.15, -0.1) is 13.2 Å². The Morgan fingerprint density at radius 2 is 2.10 bits per heavy atom. The van der Waals surface area contributed by atoms with Gasteiger partial charge in [0, 0.05) is 6.54 Å². The van der Waals surface area contributed by atoms with Crippen LogP contribution in [0.15, 0.2) is 12.1 Å². The molecule has 0 heterocycles. The average molecular weight is 288 g/mol. The normalized spacial score (nSPS) is 10.8. The number of rotatable bonds is 4. The number of carbonyl (C=O) groups is 1. The monoisotopic (exact) mass is 288 g/mol. The third-order valence-electron chi connectivity index (χ3n) is 2.48. The van der Waals surface area contributed by atoms with Crippen LogP contribution in [0.5, 0.6) is 5.75 Å². The summed E-state index contributed by atoms with van der Waals surface area (Å²) in [6, 6.07) is 3.88. The highest BCUT2D eigenvalue weighted by atomic mass is 19.4. The summed E-state index contributed by atoms with van der Waals surface area (Å²) in [6.07, 6.45) is -5.29. The number of methoxy groups -OCH3 is 1. The fraction of sp³-hybridized carbons (Fsp3) is 0.333. The van der Waals surface area contributed by atoms with Gasteiger partial charge in [-0.3, -0.25) is 4.79 Å². The third kappa shape index (κ3) is 3.86. The molecule has 5 nitrogen and oxygen atoms in total. The van der Waals surface area contributed by atoms with Crippen molar-refractivity contribution in [3.05, 3.63) is 28.8 Å². The first-order valence-electron chi connectivity index (χ1n) is 5.39. The summed E-state index contributed by atoms with van der Waals surface area (Å²) in [5, 5.41) is 9.01. The number of hydrogen-bond donors (Lipinski definition) is 1. The molecule has 0 unspecified atom stereocenters. The zero-order valence-electron chi connectivity index (χ0n) is 10.5. The van der Waals surface area contributed by atoms with Gasteiger partial charge in [-0.25, -0.2) is 0 Å². The first-order chi connectivity index (χ1) is 9.32. The van der Waals surface area contributed by atoms with Crippen molar-refractivity contribution in [2.45, 2.75) is 19.3 Å². The van der Waals surface area contributed by atoms with E-state index in [0.717, 1.165) is 13.2 Å². The zero-order valence-corrected chi connectivity index (χ0v) is 10.5. The number of esters is 1. The lowest BCUT2D eigenvalue weighted by Crippen LogP contribution is -2.19. The number of hydrogen-bond acceptors (Lipinski definition) is 5. The summed E-state index contributed by atoms with van der Waals surface area (Å²) in [4.78, 5) is 11.3. The Balaban J connectivity index is 3.33. The van der Waals surface area contributed by atoms with Crippen LogP contribution < -0.4 is 10.5 Å². The Labute approximate surface area is 112 Å². The van der Waals surface area contributed by atoms with Crippen molar-refractivity contribution in [1.29, 1.82) is 5.26 Å². The molecule has 0 aliphatic carbocycles. The summed E-state index contributed by atoms with van der Waals surface area (Å²) in [7, 11) is 1.13. The van der Waals surface area contributed by atoms with Crippen LogP contribution in [-0.4, -0.2) is 19.4 Å². The molecule has 1 rings (SSSR count). The van der Waals surface area contributed by atoms with Gasteiger partial charge in [0.25, 0.3) is 0 Å². The van der Waals surface area contributed by atoms with E-state index in [4.69, 9.17) is 11.0 Å². The maximum atomic E-state index is 12.3. The van der Waals surface area contributed by atoms with Crippen LogP contribution in [0.1, 0.15) is 16.7 Å². The molecular weight excluding hydrogens is 277 g/mol. The van der Waals surface area contributed by atoms with E-state index in [-0.39, 0.29) is 24.1 Å². The van der Waals surface area contributed by atoms with Crippen LogP contribution in [-0.2, 0) is 22.5 Å². The van der Waals surface area contributed by atoms with Gasteiger partial charge in [0.05, 0.1) is 19.1 Å². The second-order valence-corrected chi connectivity index (χ2v) is 3.69. The number of halogens is 3. The fourth-order valence-corrected chi connectivity index (χ4v) is 1.61. The van der Waals surface area contributed by atoms with Crippen molar-refractivity contribution < 1.29 is 27.4 Å². The largest absolute Gasteiger partial charge is 0.573 e. The summed E-state index contributed by atoms with van der Waals surface area (Å²) < 4.78 is 45.0. The molecule has 0 aliphatic rings. The molecular formula is C12H11F3N2O3. The smallest absolute Gasteiger partial charge is 0.469 e. The number of carbonyl (C=O) groups excluding carboxylic acids is 1. The predicted octanol–water partition coefficient (Wildman–Crippen LogP) is 1.63.